The molecule has 15 N–H and O–H groups in total. The summed E-state index contributed by atoms with van der Waals surface area (Å²) in [6.07, 6.45) is -10.7. The van der Waals surface area contributed by atoms with Gasteiger partial charge >= 0.3 is 0 Å². The molecular formula is C18H37N5O9. The lowest BCUT2D eigenvalue weighted by molar-refractivity contribution is -0.318. The maximum Gasteiger partial charge on any atom is 0.186 e. The van der Waals surface area contributed by atoms with Crippen molar-refractivity contribution < 1.29 is 44.5 Å². The van der Waals surface area contributed by atoms with Crippen molar-refractivity contribution in [2.24, 2.45) is 28.7 Å². The molecule has 3 rings (SSSR count). The molecule has 2 aliphatic heterocycles. The van der Waals surface area contributed by atoms with Gasteiger partial charge in [-0.05, 0) is 12.8 Å². The van der Waals surface area contributed by atoms with Crippen molar-refractivity contribution in [2.75, 3.05) is 13.2 Å². The van der Waals surface area contributed by atoms with E-state index in [9.17, 15) is 25.5 Å². The van der Waals surface area contributed by atoms with E-state index in [1.54, 1.807) is 0 Å². The van der Waals surface area contributed by atoms with E-state index >= 15 is 0 Å². The number of aliphatic hydroxyl groups excluding tert-OH is 5. The fourth-order valence-corrected chi connectivity index (χ4v) is 4.35. The van der Waals surface area contributed by atoms with Crippen molar-refractivity contribution in [3.05, 3.63) is 0 Å². The highest BCUT2D eigenvalue weighted by atomic mass is 16.7. The topological polar surface area (TPSA) is 268 Å². The van der Waals surface area contributed by atoms with Gasteiger partial charge in [-0.3, -0.25) is 0 Å². The summed E-state index contributed by atoms with van der Waals surface area (Å²) >= 11 is 0. The van der Waals surface area contributed by atoms with Crippen LogP contribution in [0.2, 0.25) is 0 Å². The van der Waals surface area contributed by atoms with Crippen LogP contribution in [0.15, 0.2) is 0 Å². The highest BCUT2D eigenvalue weighted by molar-refractivity contribution is 5.05. The van der Waals surface area contributed by atoms with Gasteiger partial charge in [0.25, 0.3) is 0 Å². The summed E-state index contributed by atoms with van der Waals surface area (Å²) in [5.74, 6) is 0. The number of hydrogen-bond donors (Lipinski definition) is 10. The quantitative estimate of drug-likeness (QED) is 0.174. The predicted octanol–water partition coefficient (Wildman–Crippen LogP) is -6.30. The molecule has 14 atom stereocenters. The summed E-state index contributed by atoms with van der Waals surface area (Å²) in [5.41, 5.74) is 29.7. The summed E-state index contributed by atoms with van der Waals surface area (Å²) in [6.45, 7) is -0.320. The van der Waals surface area contributed by atoms with Crippen LogP contribution >= 0.6 is 0 Å². The van der Waals surface area contributed by atoms with E-state index in [2.05, 4.69) is 0 Å². The SMILES string of the molecule is NC[C@@H]1CCC(N)[C@@H](OC2C(O)[C@@H](O[C@H]3OC(CO)[C@@H](O)[C@H](N)C3O)C(N)[C@H](O)[C@@H]2N)O1. The van der Waals surface area contributed by atoms with Crippen molar-refractivity contribution in [3.8, 4) is 0 Å². The molecule has 6 unspecified atom stereocenters. The number of hydrogen-bond acceptors (Lipinski definition) is 14. The molecule has 2 heterocycles. The lowest BCUT2D eigenvalue weighted by Gasteiger charge is -2.49. The van der Waals surface area contributed by atoms with Crippen molar-refractivity contribution >= 4 is 0 Å². The molecule has 0 amide bonds. The fourth-order valence-electron chi connectivity index (χ4n) is 4.35. The lowest BCUT2D eigenvalue weighted by Crippen LogP contribution is -2.72. The van der Waals surface area contributed by atoms with Crippen LogP contribution in [0.1, 0.15) is 12.8 Å². The Morgan fingerprint density at radius 3 is 1.88 bits per heavy atom. The first kappa shape index (κ1) is 26.1. The van der Waals surface area contributed by atoms with Crippen LogP contribution in [0, 0.1) is 0 Å². The van der Waals surface area contributed by atoms with Gasteiger partial charge in [0.15, 0.2) is 12.6 Å². The average Bonchev–Trinajstić information content (AvgIpc) is 2.79. The van der Waals surface area contributed by atoms with E-state index in [0.717, 1.165) is 0 Å². The maximum absolute atomic E-state index is 11.0. The Kier molecular flexibility index (Phi) is 8.79. The first-order chi connectivity index (χ1) is 15.1. The molecule has 0 aromatic heterocycles. The first-order valence-corrected chi connectivity index (χ1v) is 10.8. The molecule has 0 aromatic carbocycles. The highest BCUT2D eigenvalue weighted by Crippen LogP contribution is 2.30. The molecular weight excluding hydrogens is 430 g/mol. The number of rotatable bonds is 6. The molecule has 14 heteroatoms. The van der Waals surface area contributed by atoms with Gasteiger partial charge in [0.05, 0.1) is 43.0 Å². The molecule has 0 bridgehead atoms. The third-order valence-electron chi connectivity index (χ3n) is 6.50. The Balaban J connectivity index is 1.74. The maximum atomic E-state index is 11.0. The molecule has 2 saturated heterocycles. The summed E-state index contributed by atoms with van der Waals surface area (Å²) in [5, 5.41) is 51.3. The van der Waals surface area contributed by atoms with E-state index in [4.69, 9.17) is 47.6 Å². The normalized spacial score (nSPS) is 52.7. The second-order valence-electron chi connectivity index (χ2n) is 8.72. The van der Waals surface area contributed by atoms with E-state index in [1.165, 1.54) is 0 Å². The molecule has 14 nitrogen and oxygen atoms in total. The van der Waals surface area contributed by atoms with Gasteiger partial charge in [0.1, 0.15) is 36.6 Å². The predicted molar refractivity (Wildman–Crippen MR) is 108 cm³/mol. The molecule has 3 aliphatic rings. The number of ether oxygens (including phenoxy) is 4. The van der Waals surface area contributed by atoms with Crippen molar-refractivity contribution in [3.63, 3.8) is 0 Å². The molecule has 0 spiro atoms. The van der Waals surface area contributed by atoms with Crippen LogP contribution in [0.3, 0.4) is 0 Å². The van der Waals surface area contributed by atoms with Gasteiger partial charge in [-0.1, -0.05) is 0 Å². The van der Waals surface area contributed by atoms with Gasteiger partial charge in [0, 0.05) is 6.54 Å². The van der Waals surface area contributed by atoms with Crippen LogP contribution in [0.5, 0.6) is 0 Å². The van der Waals surface area contributed by atoms with Crippen LogP contribution in [-0.2, 0) is 18.9 Å². The van der Waals surface area contributed by atoms with E-state index in [-0.39, 0.29) is 12.6 Å². The monoisotopic (exact) mass is 467 g/mol. The molecule has 0 aromatic rings. The third kappa shape index (κ3) is 5.08. The second kappa shape index (κ2) is 10.8. The molecule has 0 radical (unpaired) electrons. The Bertz CT molecular complexity index is 607. The minimum Gasteiger partial charge on any atom is -0.394 e. The van der Waals surface area contributed by atoms with Crippen LogP contribution in [-0.4, -0.2) is 124 Å². The van der Waals surface area contributed by atoms with Crippen molar-refractivity contribution in [2.45, 2.75) is 98.4 Å². The Hall–Kier alpha value is -0.560. The Morgan fingerprint density at radius 2 is 1.31 bits per heavy atom. The van der Waals surface area contributed by atoms with Gasteiger partial charge in [-0.25, -0.2) is 0 Å². The van der Waals surface area contributed by atoms with Gasteiger partial charge in [0.2, 0.25) is 0 Å². The van der Waals surface area contributed by atoms with Crippen LogP contribution in [0.25, 0.3) is 0 Å². The average molecular weight is 468 g/mol. The Morgan fingerprint density at radius 1 is 0.719 bits per heavy atom. The molecule has 188 valence electrons. The van der Waals surface area contributed by atoms with Gasteiger partial charge in [-0.15, -0.1) is 0 Å². The molecule has 1 saturated carbocycles. The van der Waals surface area contributed by atoms with Crippen LogP contribution in [0.4, 0.5) is 0 Å². The zero-order valence-electron chi connectivity index (χ0n) is 17.7. The smallest absolute Gasteiger partial charge is 0.186 e. The number of aliphatic hydroxyl groups is 5. The summed E-state index contributed by atoms with van der Waals surface area (Å²) in [7, 11) is 0. The fraction of sp³-hybridized carbons (Fsp3) is 1.00. The van der Waals surface area contributed by atoms with E-state index < -0.39 is 86.1 Å². The minimum absolute atomic E-state index is 0.264. The summed E-state index contributed by atoms with van der Waals surface area (Å²) < 4.78 is 22.7. The third-order valence-corrected chi connectivity index (χ3v) is 6.50. The van der Waals surface area contributed by atoms with E-state index in [1.807, 2.05) is 0 Å². The van der Waals surface area contributed by atoms with Crippen LogP contribution < -0.4 is 28.7 Å². The lowest BCUT2D eigenvalue weighted by atomic mass is 9.82. The number of nitrogens with two attached hydrogens (primary N) is 5. The van der Waals surface area contributed by atoms with Gasteiger partial charge in [-0.2, -0.15) is 0 Å². The first-order valence-electron chi connectivity index (χ1n) is 10.8. The summed E-state index contributed by atoms with van der Waals surface area (Å²) in [6, 6.07) is -3.97. The highest BCUT2D eigenvalue weighted by Gasteiger charge is 2.53. The summed E-state index contributed by atoms with van der Waals surface area (Å²) in [4.78, 5) is 0. The van der Waals surface area contributed by atoms with Crippen molar-refractivity contribution in [1.82, 2.24) is 0 Å². The van der Waals surface area contributed by atoms with Gasteiger partial charge < -0.3 is 73.1 Å². The second-order valence-corrected chi connectivity index (χ2v) is 8.72. The minimum atomic E-state index is -1.50. The standard InChI is InChI=1S/C18H37N5O9/c19-3-5-1-2-6(20)17(29-5)31-15-9(22)12(26)10(23)16(14(15)28)32-18-13(27)8(21)11(25)7(4-24)30-18/h5-18,24-28H,1-4,19-23H2/t5-,6?,7?,8-,9-,10?,11+,12+,13?,14?,15?,16-,17+,18+/m0/s1. The molecule has 3 fully saturated rings. The van der Waals surface area contributed by atoms with E-state index in [0.29, 0.717) is 12.8 Å². The zero-order chi connectivity index (χ0) is 23.7. The Labute approximate surface area is 185 Å². The van der Waals surface area contributed by atoms with Crippen molar-refractivity contribution in [1.29, 1.82) is 0 Å². The molecule has 32 heavy (non-hydrogen) atoms. The largest absolute Gasteiger partial charge is 0.394 e. The zero-order valence-corrected chi connectivity index (χ0v) is 17.7. The molecule has 1 aliphatic carbocycles.